The first-order valence-electron chi connectivity index (χ1n) is 15.1. The molecule has 0 aromatic rings. The van der Waals surface area contributed by atoms with Gasteiger partial charge in [0.1, 0.15) is 6.54 Å². The summed E-state index contributed by atoms with van der Waals surface area (Å²) in [5.41, 5.74) is 0. The van der Waals surface area contributed by atoms with E-state index in [1.165, 1.54) is 103 Å². The minimum Gasteiger partial charge on any atom is -0.481 e. The molecule has 36 heavy (non-hydrogen) atoms. The molecule has 1 atom stereocenters. The van der Waals surface area contributed by atoms with Gasteiger partial charge in [0.15, 0.2) is 6.10 Å². The summed E-state index contributed by atoms with van der Waals surface area (Å²) in [6, 6.07) is 0. The standard InChI is InChI=1S/C31H59NO4/c1-5-6-7-8-9-10-11-12-13-14-15-16-17-18-19-20-21-22-23-24-25-26-31(35)36-29(27-30(33)34)28-32(2,3)4/h12-13,29H,5-11,14-28H2,1-4H3/p+1/b13-12+. The number of allylic oxidation sites excluding steroid dienone is 2. The number of likely N-dealkylation sites (N-methyl/N-ethyl adjacent to an activating group) is 1. The fourth-order valence-corrected chi connectivity index (χ4v) is 4.59. The van der Waals surface area contributed by atoms with Crippen LogP contribution < -0.4 is 0 Å². The van der Waals surface area contributed by atoms with Crippen molar-refractivity contribution < 1.29 is 23.9 Å². The number of rotatable bonds is 26. The van der Waals surface area contributed by atoms with Crippen LogP contribution in [0.4, 0.5) is 0 Å². The third-order valence-corrected chi connectivity index (χ3v) is 6.59. The van der Waals surface area contributed by atoms with Crippen LogP contribution in [0.15, 0.2) is 12.2 Å². The van der Waals surface area contributed by atoms with Gasteiger partial charge in [-0.2, -0.15) is 0 Å². The summed E-state index contributed by atoms with van der Waals surface area (Å²) in [5.74, 6) is -1.18. The van der Waals surface area contributed by atoms with E-state index >= 15 is 0 Å². The first-order chi connectivity index (χ1) is 17.2. The maximum absolute atomic E-state index is 12.1. The zero-order chi connectivity index (χ0) is 26.9. The molecule has 5 nitrogen and oxygen atoms in total. The highest BCUT2D eigenvalue weighted by atomic mass is 16.5. The van der Waals surface area contributed by atoms with Crippen LogP contribution in [0.3, 0.4) is 0 Å². The number of unbranched alkanes of at least 4 members (excludes halogenated alkanes) is 17. The van der Waals surface area contributed by atoms with Crippen LogP contribution in [0, 0.1) is 0 Å². The van der Waals surface area contributed by atoms with Gasteiger partial charge in [0.25, 0.3) is 0 Å². The number of hydrogen-bond donors (Lipinski definition) is 1. The minimum absolute atomic E-state index is 0.127. The SMILES string of the molecule is CCCCCCCC/C=C/CCCCCCCCCCCCCC(=O)OC(CC(=O)O)C[N+](C)(C)C. The van der Waals surface area contributed by atoms with Gasteiger partial charge in [0.05, 0.1) is 27.6 Å². The van der Waals surface area contributed by atoms with Crippen LogP contribution in [0.1, 0.15) is 142 Å². The highest BCUT2D eigenvalue weighted by Crippen LogP contribution is 2.14. The molecule has 0 aromatic carbocycles. The minimum atomic E-state index is -0.924. The van der Waals surface area contributed by atoms with Crippen molar-refractivity contribution in [1.82, 2.24) is 0 Å². The number of carbonyl (C=O) groups excluding carboxylic acids is 1. The number of carbonyl (C=O) groups is 2. The molecule has 0 saturated heterocycles. The number of carboxylic acid groups (broad SMARTS) is 1. The van der Waals surface area contributed by atoms with Crippen molar-refractivity contribution in [3.05, 3.63) is 12.2 Å². The third-order valence-electron chi connectivity index (χ3n) is 6.59. The second-order valence-corrected chi connectivity index (χ2v) is 11.6. The largest absolute Gasteiger partial charge is 0.481 e. The van der Waals surface area contributed by atoms with Crippen molar-refractivity contribution in [3.63, 3.8) is 0 Å². The molecule has 0 radical (unpaired) electrons. The van der Waals surface area contributed by atoms with Crippen molar-refractivity contribution in [2.45, 2.75) is 148 Å². The van der Waals surface area contributed by atoms with Gasteiger partial charge in [0, 0.05) is 6.42 Å². The molecule has 0 spiro atoms. The number of nitrogens with zero attached hydrogens (tertiary/aromatic N) is 1. The molecule has 0 aliphatic rings. The summed E-state index contributed by atoms with van der Waals surface area (Å²) < 4.78 is 6.01. The molecule has 0 fully saturated rings. The lowest BCUT2D eigenvalue weighted by Gasteiger charge is -2.28. The third kappa shape index (κ3) is 27.2. The molecule has 1 unspecified atom stereocenters. The number of quaternary nitrogens is 1. The molecule has 5 heteroatoms. The van der Waals surface area contributed by atoms with Gasteiger partial charge < -0.3 is 14.3 Å². The molecular formula is C31H60NO4+. The number of aliphatic carboxylic acids is 1. The van der Waals surface area contributed by atoms with Crippen molar-refractivity contribution in [2.75, 3.05) is 27.7 Å². The Morgan fingerprint density at radius 2 is 1.11 bits per heavy atom. The van der Waals surface area contributed by atoms with Crippen molar-refractivity contribution in [2.24, 2.45) is 0 Å². The van der Waals surface area contributed by atoms with E-state index in [2.05, 4.69) is 19.1 Å². The first kappa shape index (κ1) is 34.6. The van der Waals surface area contributed by atoms with Gasteiger partial charge in [0.2, 0.25) is 0 Å². The lowest BCUT2D eigenvalue weighted by molar-refractivity contribution is -0.873. The first-order valence-corrected chi connectivity index (χ1v) is 15.1. The van der Waals surface area contributed by atoms with Gasteiger partial charge in [-0.05, 0) is 32.1 Å². The monoisotopic (exact) mass is 510 g/mol. The van der Waals surface area contributed by atoms with E-state index in [1.807, 2.05) is 21.1 Å². The molecule has 0 rings (SSSR count). The van der Waals surface area contributed by atoms with Gasteiger partial charge in [-0.3, -0.25) is 9.59 Å². The van der Waals surface area contributed by atoms with Crippen LogP contribution in [0.25, 0.3) is 0 Å². The maximum Gasteiger partial charge on any atom is 0.307 e. The Morgan fingerprint density at radius 1 is 0.694 bits per heavy atom. The highest BCUT2D eigenvalue weighted by Gasteiger charge is 2.24. The molecular weight excluding hydrogens is 450 g/mol. The zero-order valence-corrected chi connectivity index (χ0v) is 24.4. The molecule has 0 amide bonds. The molecule has 1 N–H and O–H groups in total. The van der Waals surface area contributed by atoms with Gasteiger partial charge in [-0.25, -0.2) is 0 Å². The second kappa shape index (κ2) is 24.0. The Kier molecular flexibility index (Phi) is 23.1. The van der Waals surface area contributed by atoms with E-state index in [4.69, 9.17) is 9.84 Å². The van der Waals surface area contributed by atoms with Crippen molar-refractivity contribution in [3.8, 4) is 0 Å². The van der Waals surface area contributed by atoms with Crippen LogP contribution in [0.2, 0.25) is 0 Å². The van der Waals surface area contributed by atoms with Crippen LogP contribution >= 0.6 is 0 Å². The predicted molar refractivity (Wildman–Crippen MR) is 152 cm³/mol. The summed E-state index contributed by atoms with van der Waals surface area (Å²) in [6.45, 7) is 2.78. The summed E-state index contributed by atoms with van der Waals surface area (Å²) >= 11 is 0. The molecule has 0 aromatic heterocycles. The van der Waals surface area contributed by atoms with Crippen molar-refractivity contribution >= 4 is 11.9 Å². The molecule has 0 heterocycles. The topological polar surface area (TPSA) is 63.6 Å². The normalized spacial score (nSPS) is 12.8. The fraction of sp³-hybridized carbons (Fsp3) is 0.871. The predicted octanol–water partition coefficient (Wildman–Crippen LogP) is 8.46. The molecule has 0 aliphatic heterocycles. The van der Waals surface area contributed by atoms with E-state index in [0.717, 1.165) is 19.3 Å². The average molecular weight is 511 g/mol. The average Bonchev–Trinajstić information content (AvgIpc) is 2.78. The van der Waals surface area contributed by atoms with E-state index in [-0.39, 0.29) is 12.4 Å². The Labute approximate surface area is 223 Å². The Hall–Kier alpha value is -1.36. The quantitative estimate of drug-likeness (QED) is 0.0548. The van der Waals surface area contributed by atoms with Crippen molar-refractivity contribution in [1.29, 1.82) is 0 Å². The molecule has 212 valence electrons. The smallest absolute Gasteiger partial charge is 0.307 e. The van der Waals surface area contributed by atoms with Crippen LogP contribution in [-0.2, 0) is 14.3 Å². The summed E-state index contributed by atoms with van der Waals surface area (Å²) in [5, 5.41) is 9.05. The summed E-state index contributed by atoms with van der Waals surface area (Å²) in [7, 11) is 5.92. The number of hydrogen-bond acceptors (Lipinski definition) is 3. The molecule has 0 aliphatic carbocycles. The van der Waals surface area contributed by atoms with E-state index < -0.39 is 12.1 Å². The lowest BCUT2D eigenvalue weighted by Crippen LogP contribution is -2.43. The number of ether oxygens (including phenoxy) is 1. The Balaban J connectivity index is 3.47. The Morgan fingerprint density at radius 3 is 1.53 bits per heavy atom. The van der Waals surface area contributed by atoms with E-state index in [9.17, 15) is 9.59 Å². The van der Waals surface area contributed by atoms with Gasteiger partial charge >= 0.3 is 11.9 Å². The summed E-state index contributed by atoms with van der Waals surface area (Å²) in [4.78, 5) is 23.1. The zero-order valence-electron chi connectivity index (χ0n) is 24.4. The number of carboxylic acids is 1. The van der Waals surface area contributed by atoms with Crippen LogP contribution in [0.5, 0.6) is 0 Å². The Bertz CT molecular complexity index is 553. The lowest BCUT2D eigenvalue weighted by atomic mass is 10.0. The van der Waals surface area contributed by atoms with E-state index in [1.54, 1.807) is 0 Å². The fourth-order valence-electron chi connectivity index (χ4n) is 4.59. The number of esters is 1. The summed E-state index contributed by atoms with van der Waals surface area (Å²) in [6.07, 6.45) is 29.0. The van der Waals surface area contributed by atoms with Gasteiger partial charge in [-0.1, -0.05) is 109 Å². The highest BCUT2D eigenvalue weighted by molar-refractivity contribution is 5.71. The molecule has 0 saturated carbocycles. The molecule has 0 bridgehead atoms. The second-order valence-electron chi connectivity index (χ2n) is 11.6. The van der Waals surface area contributed by atoms with E-state index in [0.29, 0.717) is 17.4 Å². The van der Waals surface area contributed by atoms with Crippen LogP contribution in [-0.4, -0.2) is 55.3 Å². The van der Waals surface area contributed by atoms with Gasteiger partial charge in [-0.15, -0.1) is 0 Å². The maximum atomic E-state index is 12.1.